The van der Waals surface area contributed by atoms with Crippen molar-refractivity contribution in [3.8, 4) is 22.4 Å². The molecular weight excluding hydrogens is 312 g/mol. The molecular formula is C17H14N2O3S. The quantitative estimate of drug-likeness (QED) is 0.802. The van der Waals surface area contributed by atoms with E-state index in [4.69, 9.17) is 0 Å². The highest BCUT2D eigenvalue weighted by Crippen LogP contribution is 2.27. The molecule has 23 heavy (non-hydrogen) atoms. The van der Waals surface area contributed by atoms with Crippen LogP contribution in [0, 0.1) is 0 Å². The first kappa shape index (κ1) is 15.2. The largest absolute Gasteiger partial charge is 0.287 e. The second-order valence-electron chi connectivity index (χ2n) is 5.15. The predicted molar refractivity (Wildman–Crippen MR) is 88.8 cm³/mol. The van der Waals surface area contributed by atoms with Gasteiger partial charge in [-0.3, -0.25) is 9.89 Å². The van der Waals surface area contributed by atoms with Crippen molar-refractivity contribution in [2.45, 2.75) is 4.90 Å². The monoisotopic (exact) mass is 326 g/mol. The summed E-state index contributed by atoms with van der Waals surface area (Å²) in [6.45, 7) is 0. The van der Waals surface area contributed by atoms with Crippen LogP contribution in [0.3, 0.4) is 0 Å². The summed E-state index contributed by atoms with van der Waals surface area (Å²) in [6.07, 6.45) is 2.36. The van der Waals surface area contributed by atoms with Crippen molar-refractivity contribution in [3.05, 3.63) is 71.0 Å². The van der Waals surface area contributed by atoms with Gasteiger partial charge in [-0.15, -0.1) is 0 Å². The summed E-state index contributed by atoms with van der Waals surface area (Å²) in [6, 6.07) is 15.6. The zero-order chi connectivity index (χ0) is 16.4. The first-order valence-electron chi connectivity index (χ1n) is 6.90. The molecule has 0 aliphatic rings. The summed E-state index contributed by atoms with van der Waals surface area (Å²) in [5, 5.41) is 6.74. The molecule has 116 valence electrons. The van der Waals surface area contributed by atoms with Gasteiger partial charge in [-0.2, -0.15) is 5.10 Å². The molecule has 0 amide bonds. The van der Waals surface area contributed by atoms with Crippen LogP contribution in [0.1, 0.15) is 0 Å². The molecule has 0 unspecified atom stereocenters. The average molecular weight is 326 g/mol. The molecule has 0 atom stereocenters. The minimum atomic E-state index is -3.27. The third-order valence-electron chi connectivity index (χ3n) is 3.49. The second kappa shape index (κ2) is 5.81. The summed E-state index contributed by atoms with van der Waals surface area (Å²) in [5.74, 6) is 0. The Labute approximate surface area is 133 Å². The third-order valence-corrected chi connectivity index (χ3v) is 4.62. The number of hydrogen-bond acceptors (Lipinski definition) is 4. The molecule has 5 nitrogen and oxygen atoms in total. The van der Waals surface area contributed by atoms with Crippen molar-refractivity contribution in [1.82, 2.24) is 10.2 Å². The van der Waals surface area contributed by atoms with Crippen LogP contribution in [0.4, 0.5) is 0 Å². The smallest absolute Gasteiger partial charge is 0.208 e. The van der Waals surface area contributed by atoms with Crippen LogP contribution < -0.4 is 5.43 Å². The van der Waals surface area contributed by atoms with Gasteiger partial charge in [-0.25, -0.2) is 8.42 Å². The van der Waals surface area contributed by atoms with Crippen LogP contribution in [0.25, 0.3) is 22.4 Å². The van der Waals surface area contributed by atoms with E-state index >= 15 is 0 Å². The van der Waals surface area contributed by atoms with Crippen molar-refractivity contribution < 1.29 is 8.42 Å². The van der Waals surface area contributed by atoms with Gasteiger partial charge in [0, 0.05) is 11.8 Å². The van der Waals surface area contributed by atoms with Crippen LogP contribution >= 0.6 is 0 Å². The van der Waals surface area contributed by atoms with Gasteiger partial charge < -0.3 is 0 Å². The van der Waals surface area contributed by atoms with Gasteiger partial charge >= 0.3 is 0 Å². The highest BCUT2D eigenvalue weighted by molar-refractivity contribution is 7.90. The number of nitrogens with zero attached hydrogens (tertiary/aromatic N) is 1. The lowest BCUT2D eigenvalue weighted by molar-refractivity contribution is 0.602. The predicted octanol–water partition coefficient (Wildman–Crippen LogP) is 2.51. The van der Waals surface area contributed by atoms with Crippen molar-refractivity contribution in [1.29, 1.82) is 0 Å². The molecule has 1 aromatic heterocycles. The summed E-state index contributed by atoms with van der Waals surface area (Å²) >= 11 is 0. The lowest BCUT2D eigenvalue weighted by atomic mass is 10.00. The zero-order valence-electron chi connectivity index (χ0n) is 12.4. The minimum Gasteiger partial charge on any atom is -0.287 e. The zero-order valence-corrected chi connectivity index (χ0v) is 13.2. The maximum atomic E-state index is 12.3. The summed E-state index contributed by atoms with van der Waals surface area (Å²) in [5.41, 5.74) is 2.31. The van der Waals surface area contributed by atoms with Crippen LogP contribution in [0.5, 0.6) is 0 Å². The van der Waals surface area contributed by atoms with E-state index in [0.29, 0.717) is 16.8 Å². The lowest BCUT2D eigenvalue weighted by Crippen LogP contribution is -2.09. The number of benzene rings is 2. The molecule has 0 saturated heterocycles. The highest BCUT2D eigenvalue weighted by atomic mass is 32.2. The van der Waals surface area contributed by atoms with Gasteiger partial charge in [0.25, 0.3) is 0 Å². The normalized spacial score (nSPS) is 11.3. The Morgan fingerprint density at radius 1 is 0.913 bits per heavy atom. The first-order valence-corrected chi connectivity index (χ1v) is 8.79. The molecule has 1 N–H and O–H groups in total. The van der Waals surface area contributed by atoms with Crippen LogP contribution in [0.15, 0.2) is 70.5 Å². The van der Waals surface area contributed by atoms with Gasteiger partial charge in [0.2, 0.25) is 5.43 Å². The fraction of sp³-hybridized carbons (Fsp3) is 0.0588. The fourth-order valence-electron chi connectivity index (χ4n) is 2.37. The van der Waals surface area contributed by atoms with Crippen LogP contribution in [-0.2, 0) is 9.84 Å². The average Bonchev–Trinajstić information content (AvgIpc) is 2.55. The summed E-state index contributed by atoms with van der Waals surface area (Å²) in [4.78, 5) is 12.5. The SMILES string of the molecule is CS(=O)(=O)c1ccc(-c2c(-c3ccccc3)[nH]ncc2=O)cc1. The molecule has 0 aliphatic carbocycles. The topological polar surface area (TPSA) is 79.9 Å². The molecule has 0 aliphatic heterocycles. The van der Waals surface area contributed by atoms with E-state index in [1.807, 2.05) is 30.3 Å². The van der Waals surface area contributed by atoms with Crippen molar-refractivity contribution in [3.63, 3.8) is 0 Å². The van der Waals surface area contributed by atoms with Gasteiger partial charge in [0.15, 0.2) is 9.84 Å². The Hall–Kier alpha value is -2.73. The number of aromatic amines is 1. The maximum absolute atomic E-state index is 12.3. The second-order valence-corrected chi connectivity index (χ2v) is 7.16. The molecule has 2 aromatic carbocycles. The van der Waals surface area contributed by atoms with Crippen LogP contribution in [-0.4, -0.2) is 24.9 Å². The molecule has 0 bridgehead atoms. The van der Waals surface area contributed by atoms with E-state index in [0.717, 1.165) is 11.8 Å². The Kier molecular flexibility index (Phi) is 3.83. The number of nitrogens with one attached hydrogen (secondary N) is 1. The Bertz CT molecular complexity index is 992. The number of rotatable bonds is 3. The van der Waals surface area contributed by atoms with Gasteiger partial charge in [-0.05, 0) is 17.7 Å². The number of hydrogen-bond donors (Lipinski definition) is 1. The number of H-pyrrole nitrogens is 1. The number of aromatic nitrogens is 2. The number of sulfone groups is 1. The standard InChI is InChI=1S/C17H14N2O3S/c1-23(21,22)14-9-7-12(8-10-14)16-15(20)11-18-19-17(16)13-5-3-2-4-6-13/h2-11H,1H3,(H,19,20). The Morgan fingerprint density at radius 3 is 2.17 bits per heavy atom. The highest BCUT2D eigenvalue weighted by Gasteiger charge is 2.13. The van der Waals surface area contributed by atoms with E-state index in [1.54, 1.807) is 12.1 Å². The summed E-state index contributed by atoms with van der Waals surface area (Å²) in [7, 11) is -3.27. The van der Waals surface area contributed by atoms with Gasteiger partial charge in [-0.1, -0.05) is 42.5 Å². The molecule has 0 saturated carbocycles. The van der Waals surface area contributed by atoms with Crippen molar-refractivity contribution in [2.24, 2.45) is 0 Å². The van der Waals surface area contributed by atoms with E-state index in [1.165, 1.54) is 18.3 Å². The minimum absolute atomic E-state index is 0.216. The maximum Gasteiger partial charge on any atom is 0.208 e. The van der Waals surface area contributed by atoms with E-state index < -0.39 is 9.84 Å². The Morgan fingerprint density at radius 2 is 1.57 bits per heavy atom. The van der Waals surface area contributed by atoms with E-state index in [2.05, 4.69) is 10.2 Å². The Balaban J connectivity index is 2.19. The molecule has 3 rings (SSSR count). The molecule has 1 heterocycles. The molecule has 0 fully saturated rings. The van der Waals surface area contributed by atoms with Crippen molar-refractivity contribution in [2.75, 3.05) is 6.26 Å². The lowest BCUT2D eigenvalue weighted by Gasteiger charge is -2.09. The third kappa shape index (κ3) is 3.07. The molecule has 0 spiro atoms. The molecule has 3 aromatic rings. The van der Waals surface area contributed by atoms with Crippen molar-refractivity contribution >= 4 is 9.84 Å². The van der Waals surface area contributed by atoms with E-state index in [9.17, 15) is 13.2 Å². The molecule has 0 radical (unpaired) electrons. The van der Waals surface area contributed by atoms with Gasteiger partial charge in [0.05, 0.1) is 22.3 Å². The first-order chi connectivity index (χ1) is 11.0. The van der Waals surface area contributed by atoms with Crippen LogP contribution in [0.2, 0.25) is 0 Å². The summed E-state index contributed by atoms with van der Waals surface area (Å²) < 4.78 is 23.1. The van der Waals surface area contributed by atoms with Gasteiger partial charge in [0.1, 0.15) is 0 Å². The fourth-order valence-corrected chi connectivity index (χ4v) is 3.00. The molecule has 6 heteroatoms. The van der Waals surface area contributed by atoms with E-state index in [-0.39, 0.29) is 10.3 Å².